The van der Waals surface area contributed by atoms with Crippen LogP contribution in [0.2, 0.25) is 0 Å². The summed E-state index contributed by atoms with van der Waals surface area (Å²) in [6.45, 7) is 17.5. The number of ether oxygens (including phenoxy) is 1. The molecule has 6 rings (SSSR count). The van der Waals surface area contributed by atoms with Crippen LogP contribution in [0.1, 0.15) is 165 Å². The fourth-order valence-electron chi connectivity index (χ4n) is 12.0. The van der Waals surface area contributed by atoms with Crippen molar-refractivity contribution in [3.8, 4) is 22.3 Å². The predicted octanol–water partition coefficient (Wildman–Crippen LogP) is 13.5. The first-order valence-corrected chi connectivity index (χ1v) is 32.7. The number of carboxylic acids is 1. The van der Waals surface area contributed by atoms with E-state index in [1.54, 1.807) is 65.4 Å². The number of hydrogen-bond acceptors (Lipinski definition) is 10. The second-order valence-corrected chi connectivity index (χ2v) is 26.1. The molecule has 2 amide bonds. The van der Waals surface area contributed by atoms with Crippen molar-refractivity contribution in [3.05, 3.63) is 183 Å². The average molecular weight is 1590 g/mol. The molecule has 0 aliphatic heterocycles. The van der Waals surface area contributed by atoms with Gasteiger partial charge in [-0.15, -0.1) is 0 Å². The smallest absolute Gasteiger partial charge is 0.870 e. The number of likely N-dealkylation sites (N-methyl/N-ethyl adjacent to an activating group) is 2. The van der Waals surface area contributed by atoms with Crippen molar-refractivity contribution in [2.24, 2.45) is 11.8 Å². The molecule has 4 N–H and O–H groups in total. The third kappa shape index (κ3) is 25.0. The number of carboxylic acid groups (broad SMARTS) is 1. The second kappa shape index (κ2) is 40.5. The Morgan fingerprint density at radius 2 is 0.806 bits per heavy atom. The number of esters is 1. The van der Waals surface area contributed by atoms with Gasteiger partial charge in [-0.2, -0.15) is 79.7 Å². The number of aromatic nitrogens is 2. The van der Waals surface area contributed by atoms with Crippen LogP contribution in [0.25, 0.3) is 22.3 Å². The number of nitrogens with zero attached hydrogens (tertiary/aromatic N) is 4. The number of amides is 2. The van der Waals surface area contributed by atoms with Crippen molar-refractivity contribution in [2.45, 2.75) is 164 Å². The minimum absolute atomic E-state index is 0. The number of rotatable bonds is 27. The molecule has 0 aliphatic carbocycles. The number of hydrogen-bond donors (Lipinski definition) is 3. The topological polar surface area (TPSA) is 202 Å². The SMILES string of the molecule is CCN(C)CCc1cn(C(CC(C)C)C(=O)N[C@@H](CC(=O)O)c2c(F)c(-c3c(C)cc(F)cc3C)cc(C(F)(F)F)c2F)c(=O)cc1C(F)(F)F.CCOC(=O)C[C@H](NC(=O)C(CC(C)C)n1cc(CCN(C)CC)c(C(F)(F)F)cc1=O)c1c(F)c(-c2c(C)cc(F)cc2C)cc(C(F)(F)F)c1F.S.S.[Li+].[OH-]. The van der Waals surface area contributed by atoms with E-state index in [1.807, 2.05) is 0 Å². The van der Waals surface area contributed by atoms with Crippen LogP contribution >= 0.6 is 27.0 Å². The van der Waals surface area contributed by atoms with Gasteiger partial charge in [0.05, 0.1) is 53.8 Å². The van der Waals surface area contributed by atoms with E-state index >= 15 is 17.6 Å². The van der Waals surface area contributed by atoms with Crippen LogP contribution in [0.15, 0.2) is 70.5 Å². The van der Waals surface area contributed by atoms with E-state index in [0.29, 0.717) is 29.8 Å². The molecule has 0 fully saturated rings. The minimum Gasteiger partial charge on any atom is -0.870 e. The molecular formula is C72H85F18LiN6O9S2. The Labute approximate surface area is 637 Å². The fraction of sp³-hybridized carbons (Fsp3) is 0.472. The number of nitrogens with one attached hydrogen (secondary N) is 2. The summed E-state index contributed by atoms with van der Waals surface area (Å²) in [7, 11) is 3.31. The molecular weight excluding hydrogens is 1510 g/mol. The molecule has 2 unspecified atom stereocenters. The first-order chi connectivity index (χ1) is 48.0. The van der Waals surface area contributed by atoms with Gasteiger partial charge in [-0.1, -0.05) is 41.5 Å². The Kier molecular flexibility index (Phi) is 37.0. The number of halogens is 18. The maximum absolute atomic E-state index is 16.6. The zero-order chi connectivity index (χ0) is 78.9. The summed E-state index contributed by atoms with van der Waals surface area (Å²) in [6, 6.07) is -3.11. The molecule has 2 heterocycles. The number of carbonyl (C=O) groups excluding carboxylic acids is 3. The summed E-state index contributed by atoms with van der Waals surface area (Å²) >= 11 is 0. The molecule has 108 heavy (non-hydrogen) atoms. The Hall–Kier alpha value is -7.42. The number of benzene rings is 4. The molecule has 0 aliphatic rings. The monoisotopic (exact) mass is 1590 g/mol. The van der Waals surface area contributed by atoms with Gasteiger partial charge in [0.1, 0.15) is 47.0 Å². The maximum Gasteiger partial charge on any atom is 1.00 e. The van der Waals surface area contributed by atoms with Crippen LogP contribution < -0.4 is 40.6 Å². The van der Waals surface area contributed by atoms with Crippen molar-refractivity contribution in [1.82, 2.24) is 29.6 Å². The van der Waals surface area contributed by atoms with E-state index in [0.717, 1.165) is 41.2 Å². The molecule has 6 aromatic rings. The van der Waals surface area contributed by atoms with Crippen LogP contribution in [0.4, 0.5) is 79.0 Å². The number of pyridine rings is 2. The van der Waals surface area contributed by atoms with Gasteiger partial charge in [-0.25, -0.2) is 26.3 Å². The first-order valence-electron chi connectivity index (χ1n) is 32.7. The van der Waals surface area contributed by atoms with Crippen molar-refractivity contribution < 1.29 is 132 Å². The third-order valence-electron chi connectivity index (χ3n) is 17.2. The molecule has 0 bridgehead atoms. The normalized spacial score (nSPS) is 13.0. The summed E-state index contributed by atoms with van der Waals surface area (Å²) in [5, 5.41) is 14.0. The van der Waals surface area contributed by atoms with E-state index in [1.165, 1.54) is 34.6 Å². The van der Waals surface area contributed by atoms with Crippen LogP contribution in [0.5, 0.6) is 0 Å². The van der Waals surface area contributed by atoms with Crippen LogP contribution in [-0.4, -0.2) is 100 Å². The largest absolute Gasteiger partial charge is 1.00 e. The van der Waals surface area contributed by atoms with Crippen molar-refractivity contribution in [3.63, 3.8) is 0 Å². The standard InChI is InChI=1S/C37H42F9N3O4.C35H38F9N3O4.Li.H2O.2H2S/c1-8-48(7)11-10-22-18-49(29(50)16-25(22)36(41,42)43)28(12-19(3)4)35(52)47-27(17-30(51)53-9-2)32-33(39)24(15-26(34(32)40)37(44,45)46)31-20(5)13-23(38)14-21(31)6;1-7-46(6)9-8-20-16-47(27(48)14-23(20)34(39,40)41)26(10-17(2)3)33(51)45-25(15-28(49)50)30-31(37)22(13-24(32(30)38)35(42,43)44)29-18(4)11-21(36)12-19(29)5;;;;/h13-16,18-19,27-28H,8-12,17H2,1-7H3,(H,47,52);11-14,16-17,25-26H,7-10,15H2,1-6H3,(H,45,51)(H,49,50);;3*1H2/q;;+1;;;/p-1/t27-,28?;25-,26?;;;;/m00..../s1. The van der Waals surface area contributed by atoms with E-state index in [4.69, 9.17) is 4.74 Å². The van der Waals surface area contributed by atoms with Gasteiger partial charge in [0.25, 0.3) is 11.1 Å². The van der Waals surface area contributed by atoms with Crippen LogP contribution in [-0.2, 0) is 61.5 Å². The van der Waals surface area contributed by atoms with Gasteiger partial charge >= 0.3 is 55.5 Å². The van der Waals surface area contributed by atoms with Crippen molar-refractivity contribution >= 4 is 50.7 Å². The number of aliphatic carboxylic acids is 1. The Morgan fingerprint density at radius 1 is 0.500 bits per heavy atom. The molecule has 4 aromatic carbocycles. The number of carbonyl (C=O) groups is 4. The third-order valence-corrected chi connectivity index (χ3v) is 17.2. The fourth-order valence-corrected chi connectivity index (χ4v) is 12.0. The van der Waals surface area contributed by atoms with Gasteiger partial charge in [0.15, 0.2) is 0 Å². The summed E-state index contributed by atoms with van der Waals surface area (Å²) in [5.41, 5.74) is -14.6. The molecule has 596 valence electrons. The van der Waals surface area contributed by atoms with Crippen LogP contribution in [0, 0.1) is 74.4 Å². The Bertz CT molecular complexity index is 4220. The van der Waals surface area contributed by atoms with Gasteiger partial charge in [0.2, 0.25) is 11.8 Å². The van der Waals surface area contributed by atoms with Crippen molar-refractivity contribution in [2.75, 3.05) is 46.9 Å². The summed E-state index contributed by atoms with van der Waals surface area (Å²) in [5.74, 6) is -15.5. The number of aryl methyl sites for hydroxylation is 4. The summed E-state index contributed by atoms with van der Waals surface area (Å²) < 4.78 is 269. The Balaban J connectivity index is 0.00000104. The molecule has 2 aromatic heterocycles. The van der Waals surface area contributed by atoms with E-state index in [-0.39, 0.29) is 153 Å². The zero-order valence-corrected chi connectivity index (χ0v) is 63.4. The molecule has 0 saturated carbocycles. The Morgan fingerprint density at radius 3 is 1.07 bits per heavy atom. The van der Waals surface area contributed by atoms with Crippen molar-refractivity contribution in [1.29, 1.82) is 0 Å². The molecule has 0 spiro atoms. The van der Waals surface area contributed by atoms with Crippen LogP contribution in [0.3, 0.4) is 0 Å². The second-order valence-electron chi connectivity index (χ2n) is 26.1. The summed E-state index contributed by atoms with van der Waals surface area (Å²) in [4.78, 5) is 82.5. The van der Waals surface area contributed by atoms with Gasteiger partial charge in [0, 0.05) is 59.9 Å². The molecule has 4 atom stereocenters. The number of alkyl halides is 12. The molecule has 15 nitrogen and oxygen atoms in total. The molecule has 0 radical (unpaired) electrons. The quantitative estimate of drug-likeness (QED) is 0.0252. The zero-order valence-electron chi connectivity index (χ0n) is 61.4. The predicted molar refractivity (Wildman–Crippen MR) is 373 cm³/mol. The average Bonchev–Trinajstić information content (AvgIpc) is 0.757. The van der Waals surface area contributed by atoms with E-state index in [9.17, 15) is 95.3 Å². The van der Waals surface area contributed by atoms with E-state index < -0.39 is 188 Å². The minimum atomic E-state index is -5.45. The van der Waals surface area contributed by atoms with E-state index in [2.05, 4.69) is 10.6 Å². The first kappa shape index (κ1) is 98.6. The van der Waals surface area contributed by atoms with Gasteiger partial charge in [-0.05, 0) is 180 Å². The summed E-state index contributed by atoms with van der Waals surface area (Å²) in [6.07, 6.45) is -22.3. The molecule has 0 saturated heterocycles. The van der Waals surface area contributed by atoms with Gasteiger partial charge in [-0.3, -0.25) is 28.8 Å². The van der Waals surface area contributed by atoms with Gasteiger partial charge < -0.3 is 44.9 Å². The molecule has 36 heteroatoms. The maximum atomic E-state index is 16.6.